The summed E-state index contributed by atoms with van der Waals surface area (Å²) in [6.45, 7) is 16.4. The van der Waals surface area contributed by atoms with E-state index in [1.807, 2.05) is 19.9 Å². The van der Waals surface area contributed by atoms with Gasteiger partial charge in [0.15, 0.2) is 0 Å². The van der Waals surface area contributed by atoms with Crippen molar-refractivity contribution < 1.29 is 4.79 Å². The van der Waals surface area contributed by atoms with Gasteiger partial charge in [0.05, 0.1) is 4.75 Å². The second kappa shape index (κ2) is 8.02. The number of thioether (sulfide) groups is 1. The lowest BCUT2D eigenvalue weighted by Gasteiger charge is -2.25. The zero-order valence-corrected chi connectivity index (χ0v) is 15.5. The van der Waals surface area contributed by atoms with E-state index in [9.17, 15) is 4.79 Å². The maximum atomic E-state index is 12.2. The molecule has 2 N–H and O–H groups in total. The minimum absolute atomic E-state index is 0.0478. The molecule has 1 rings (SSSR count). The van der Waals surface area contributed by atoms with Crippen LogP contribution in [0.15, 0.2) is 36.0 Å². The minimum atomic E-state index is -0.362. The van der Waals surface area contributed by atoms with Crippen molar-refractivity contribution in [2.45, 2.75) is 64.2 Å². The Morgan fingerprint density at radius 2 is 2.09 bits per heavy atom. The van der Waals surface area contributed by atoms with E-state index >= 15 is 0 Å². The fourth-order valence-corrected chi connectivity index (χ4v) is 3.62. The molecule has 3 nitrogen and oxygen atoms in total. The van der Waals surface area contributed by atoms with Gasteiger partial charge >= 0.3 is 0 Å². The molecule has 0 bridgehead atoms. The molecule has 1 amide bonds. The highest BCUT2D eigenvalue weighted by molar-refractivity contribution is 8.02. The summed E-state index contributed by atoms with van der Waals surface area (Å²) in [7, 11) is 0. The molecule has 0 radical (unpaired) electrons. The molecular formula is C18H30N2OS. The second-order valence-corrected chi connectivity index (χ2v) is 7.97. The number of hydrogen-bond acceptors (Lipinski definition) is 3. The largest absolute Gasteiger partial charge is 0.331 e. The van der Waals surface area contributed by atoms with Gasteiger partial charge in [-0.25, -0.2) is 0 Å². The number of amides is 1. The molecule has 124 valence electrons. The number of rotatable bonds is 7. The van der Waals surface area contributed by atoms with Crippen LogP contribution >= 0.6 is 11.8 Å². The summed E-state index contributed by atoms with van der Waals surface area (Å²) in [5, 5.41) is 6.57. The van der Waals surface area contributed by atoms with Crippen LogP contribution in [0.3, 0.4) is 0 Å². The summed E-state index contributed by atoms with van der Waals surface area (Å²) in [6.07, 6.45) is 7.32. The van der Waals surface area contributed by atoms with Crippen molar-refractivity contribution in [1.82, 2.24) is 10.6 Å². The van der Waals surface area contributed by atoms with Crippen LogP contribution in [0.1, 0.15) is 48.0 Å². The number of hydrogen-bond donors (Lipinski definition) is 2. The number of nitrogens with one attached hydrogen (secondary N) is 2. The first kappa shape index (κ1) is 19.0. The summed E-state index contributed by atoms with van der Waals surface area (Å²) in [5.41, 5.74) is 2.21. The Bertz CT molecular complexity index is 481. The summed E-state index contributed by atoms with van der Waals surface area (Å²) < 4.78 is -0.362. The van der Waals surface area contributed by atoms with E-state index < -0.39 is 0 Å². The minimum Gasteiger partial charge on any atom is -0.331 e. The van der Waals surface area contributed by atoms with Gasteiger partial charge in [-0.15, -0.1) is 11.8 Å². The van der Waals surface area contributed by atoms with Gasteiger partial charge in [-0.05, 0) is 38.7 Å². The van der Waals surface area contributed by atoms with E-state index in [-0.39, 0.29) is 22.2 Å². The third-order valence-corrected chi connectivity index (χ3v) is 5.72. The molecule has 22 heavy (non-hydrogen) atoms. The van der Waals surface area contributed by atoms with Crippen LogP contribution in [-0.2, 0) is 4.79 Å². The molecule has 1 fully saturated rings. The van der Waals surface area contributed by atoms with Gasteiger partial charge in [0.1, 0.15) is 5.50 Å². The zero-order valence-electron chi connectivity index (χ0n) is 14.7. The SMILES string of the molecule is C=C(C)/C=C\C(=C/CC)[C@H](C)NC1NC(=O)C(C)(C(C)C)S1. The highest BCUT2D eigenvalue weighted by Gasteiger charge is 2.46. The first-order valence-electron chi connectivity index (χ1n) is 7.99. The summed E-state index contributed by atoms with van der Waals surface area (Å²) in [5.74, 6) is 0.421. The molecular weight excluding hydrogens is 292 g/mol. The Kier molecular flexibility index (Phi) is 6.95. The van der Waals surface area contributed by atoms with Gasteiger partial charge in [0.2, 0.25) is 5.91 Å². The van der Waals surface area contributed by atoms with Crippen molar-refractivity contribution in [2.24, 2.45) is 5.92 Å². The Morgan fingerprint density at radius 3 is 2.55 bits per heavy atom. The second-order valence-electron chi connectivity index (χ2n) is 6.41. The Balaban J connectivity index is 2.75. The third-order valence-electron chi connectivity index (χ3n) is 4.08. The first-order valence-corrected chi connectivity index (χ1v) is 8.87. The fourth-order valence-electron chi connectivity index (χ4n) is 2.25. The van der Waals surface area contributed by atoms with Crippen LogP contribution in [0, 0.1) is 5.92 Å². The Labute approximate surface area is 139 Å². The lowest BCUT2D eigenvalue weighted by Crippen LogP contribution is -2.44. The van der Waals surface area contributed by atoms with Crippen LogP contribution < -0.4 is 10.6 Å². The van der Waals surface area contributed by atoms with E-state index in [4.69, 9.17) is 0 Å². The Hall–Kier alpha value is -1.000. The van der Waals surface area contributed by atoms with Gasteiger partial charge in [-0.2, -0.15) is 0 Å². The molecule has 0 spiro atoms. The molecule has 2 unspecified atom stereocenters. The van der Waals surface area contributed by atoms with Crippen LogP contribution in [0.2, 0.25) is 0 Å². The van der Waals surface area contributed by atoms with Gasteiger partial charge in [-0.1, -0.05) is 51.2 Å². The molecule has 1 aliphatic rings. The number of carbonyl (C=O) groups excluding carboxylic acids is 1. The lowest BCUT2D eigenvalue weighted by atomic mass is 9.96. The molecule has 1 aliphatic heterocycles. The molecule has 4 heteroatoms. The average Bonchev–Trinajstić information content (AvgIpc) is 2.70. The molecule has 3 atom stereocenters. The number of allylic oxidation sites excluding steroid dienone is 3. The normalized spacial score (nSPS) is 27.5. The average molecular weight is 323 g/mol. The summed E-state index contributed by atoms with van der Waals surface area (Å²) >= 11 is 1.68. The predicted molar refractivity (Wildman–Crippen MR) is 97.7 cm³/mol. The van der Waals surface area contributed by atoms with Crippen LogP contribution in [0.5, 0.6) is 0 Å². The predicted octanol–water partition coefficient (Wildman–Crippen LogP) is 3.99. The maximum Gasteiger partial charge on any atom is 0.238 e. The summed E-state index contributed by atoms with van der Waals surface area (Å²) in [4.78, 5) is 12.2. The van der Waals surface area contributed by atoms with Crippen LogP contribution in [0.4, 0.5) is 0 Å². The van der Waals surface area contributed by atoms with Crippen LogP contribution in [-0.4, -0.2) is 22.2 Å². The smallest absolute Gasteiger partial charge is 0.238 e. The van der Waals surface area contributed by atoms with Gasteiger partial charge in [0, 0.05) is 6.04 Å². The van der Waals surface area contributed by atoms with Crippen molar-refractivity contribution >= 4 is 17.7 Å². The van der Waals surface area contributed by atoms with Gasteiger partial charge in [-0.3, -0.25) is 10.1 Å². The zero-order chi connectivity index (χ0) is 16.9. The van der Waals surface area contributed by atoms with E-state index in [2.05, 4.69) is 57.1 Å². The highest BCUT2D eigenvalue weighted by Crippen LogP contribution is 2.39. The van der Waals surface area contributed by atoms with E-state index in [0.717, 1.165) is 12.0 Å². The first-order chi connectivity index (χ1) is 10.2. The lowest BCUT2D eigenvalue weighted by molar-refractivity contribution is -0.123. The third kappa shape index (κ3) is 4.75. The Morgan fingerprint density at radius 1 is 1.45 bits per heavy atom. The maximum absolute atomic E-state index is 12.2. The quantitative estimate of drug-likeness (QED) is 0.696. The standard InChI is InChI=1S/C18H30N2OS/c1-8-9-15(11-10-12(2)3)14(6)19-17-20-16(21)18(7,22-17)13(4)5/h9-11,13-14,17,19H,2,8H2,1,3-7H3,(H,20,21)/b11-10-,15-9+/t14-,17?,18?/m0/s1. The summed E-state index contributed by atoms with van der Waals surface area (Å²) in [6, 6.07) is 0.169. The van der Waals surface area contributed by atoms with Crippen molar-refractivity contribution in [1.29, 1.82) is 0 Å². The van der Waals surface area contributed by atoms with Crippen molar-refractivity contribution in [3.8, 4) is 0 Å². The topological polar surface area (TPSA) is 41.1 Å². The van der Waals surface area contributed by atoms with Gasteiger partial charge in [0.25, 0.3) is 0 Å². The molecule has 0 aromatic carbocycles. The van der Waals surface area contributed by atoms with E-state index in [1.165, 1.54) is 5.57 Å². The van der Waals surface area contributed by atoms with Crippen molar-refractivity contribution in [3.05, 3.63) is 36.0 Å². The molecule has 0 aromatic rings. The van der Waals surface area contributed by atoms with Gasteiger partial charge < -0.3 is 5.32 Å². The number of carbonyl (C=O) groups is 1. The molecule has 0 saturated carbocycles. The van der Waals surface area contributed by atoms with Crippen molar-refractivity contribution in [2.75, 3.05) is 0 Å². The molecule has 1 saturated heterocycles. The monoisotopic (exact) mass is 322 g/mol. The molecule has 1 heterocycles. The fraction of sp³-hybridized carbons (Fsp3) is 0.611. The highest BCUT2D eigenvalue weighted by atomic mass is 32.2. The van der Waals surface area contributed by atoms with E-state index in [0.29, 0.717) is 5.92 Å². The van der Waals surface area contributed by atoms with E-state index in [1.54, 1.807) is 11.8 Å². The molecule has 0 aliphatic carbocycles. The van der Waals surface area contributed by atoms with Crippen LogP contribution in [0.25, 0.3) is 0 Å². The molecule has 0 aromatic heterocycles. The van der Waals surface area contributed by atoms with Crippen molar-refractivity contribution in [3.63, 3.8) is 0 Å².